The molecule has 5 nitrogen and oxygen atoms in total. The van der Waals surface area contributed by atoms with Gasteiger partial charge in [0.25, 0.3) is 0 Å². The second-order valence-corrected chi connectivity index (χ2v) is 6.99. The van der Waals surface area contributed by atoms with Crippen molar-refractivity contribution in [2.75, 3.05) is 10.5 Å². The van der Waals surface area contributed by atoms with Crippen LogP contribution in [0, 0.1) is 0 Å². The van der Waals surface area contributed by atoms with Gasteiger partial charge in [0.05, 0.1) is 11.7 Å². The van der Waals surface area contributed by atoms with Crippen LogP contribution in [0.4, 0.5) is 11.4 Å². The minimum atomic E-state index is -0.215. The van der Waals surface area contributed by atoms with E-state index in [1.807, 2.05) is 42.5 Å². The fourth-order valence-electron chi connectivity index (χ4n) is 2.77. The van der Waals surface area contributed by atoms with Gasteiger partial charge in [0.2, 0.25) is 0 Å². The lowest BCUT2D eigenvalue weighted by Crippen LogP contribution is -2.16. The number of benzene rings is 3. The lowest BCUT2D eigenvalue weighted by Gasteiger charge is -2.20. The van der Waals surface area contributed by atoms with Crippen molar-refractivity contribution in [3.63, 3.8) is 0 Å². The molecule has 0 fully saturated rings. The van der Waals surface area contributed by atoms with Gasteiger partial charge in [-0.15, -0.1) is 5.23 Å². The number of hydrogen-bond acceptors (Lipinski definition) is 5. The average Bonchev–Trinajstić information content (AvgIpc) is 2.69. The van der Waals surface area contributed by atoms with Gasteiger partial charge in [-0.05, 0) is 42.0 Å². The molecular formula is C21H19BrN2O3. The van der Waals surface area contributed by atoms with Gasteiger partial charge in [-0.2, -0.15) is 0 Å². The van der Waals surface area contributed by atoms with Crippen molar-refractivity contribution in [2.24, 2.45) is 0 Å². The predicted molar refractivity (Wildman–Crippen MR) is 108 cm³/mol. The van der Waals surface area contributed by atoms with Crippen molar-refractivity contribution in [1.29, 1.82) is 0 Å². The molecule has 3 aromatic carbocycles. The highest BCUT2D eigenvalue weighted by atomic mass is 79.9. The first-order chi connectivity index (χ1) is 13.0. The zero-order valence-corrected chi connectivity index (χ0v) is 16.0. The maximum atomic E-state index is 12.7. The standard InChI is InChI=1S/C21H19BrN2O3/c22-17-8-6-16(7-9-17)21(25)14-20(15-4-2-1-3-5-15)23-18-10-12-19(13-11-18)24(26)27/h1-13,20,23,26-27H,14H2. The largest absolute Gasteiger partial charge is 0.378 e. The summed E-state index contributed by atoms with van der Waals surface area (Å²) < 4.78 is 0.929. The van der Waals surface area contributed by atoms with Gasteiger partial charge in [-0.1, -0.05) is 58.4 Å². The Morgan fingerprint density at radius 2 is 1.56 bits per heavy atom. The van der Waals surface area contributed by atoms with E-state index in [0.29, 0.717) is 12.0 Å². The topological polar surface area (TPSA) is 72.8 Å². The highest BCUT2D eigenvalue weighted by molar-refractivity contribution is 9.10. The molecular weight excluding hydrogens is 408 g/mol. The predicted octanol–water partition coefficient (Wildman–Crippen LogP) is 5.46. The van der Waals surface area contributed by atoms with E-state index in [9.17, 15) is 4.79 Å². The van der Waals surface area contributed by atoms with Crippen LogP contribution in [0.2, 0.25) is 0 Å². The first-order valence-corrected chi connectivity index (χ1v) is 9.20. The molecule has 0 aromatic heterocycles. The van der Waals surface area contributed by atoms with Crippen molar-refractivity contribution < 1.29 is 15.2 Å². The summed E-state index contributed by atoms with van der Waals surface area (Å²) in [6, 6.07) is 23.5. The summed E-state index contributed by atoms with van der Waals surface area (Å²) in [6.07, 6.45) is 0.291. The zero-order valence-electron chi connectivity index (χ0n) is 14.4. The maximum absolute atomic E-state index is 12.7. The van der Waals surface area contributed by atoms with E-state index in [-0.39, 0.29) is 22.7 Å². The Morgan fingerprint density at radius 1 is 0.926 bits per heavy atom. The number of halogens is 1. The molecule has 0 saturated carbocycles. The van der Waals surface area contributed by atoms with Gasteiger partial charge in [-0.3, -0.25) is 15.2 Å². The molecule has 0 radical (unpaired) electrons. The monoisotopic (exact) mass is 426 g/mol. The number of anilines is 2. The van der Waals surface area contributed by atoms with Gasteiger partial charge >= 0.3 is 0 Å². The fraction of sp³-hybridized carbons (Fsp3) is 0.0952. The van der Waals surface area contributed by atoms with Crippen molar-refractivity contribution in [3.8, 4) is 0 Å². The van der Waals surface area contributed by atoms with Crippen LogP contribution in [0.25, 0.3) is 0 Å². The number of hydrogen-bond donors (Lipinski definition) is 3. The summed E-state index contributed by atoms with van der Waals surface area (Å²) in [5.41, 5.74) is 2.69. The van der Waals surface area contributed by atoms with Gasteiger partial charge in [0.1, 0.15) is 0 Å². The van der Waals surface area contributed by atoms with E-state index < -0.39 is 0 Å². The molecule has 0 bridgehead atoms. The number of ketones is 1. The Hall–Kier alpha value is -2.67. The first-order valence-electron chi connectivity index (χ1n) is 8.41. The zero-order chi connectivity index (χ0) is 19.2. The van der Waals surface area contributed by atoms with Gasteiger partial charge in [0.15, 0.2) is 5.78 Å². The number of rotatable bonds is 7. The lowest BCUT2D eigenvalue weighted by molar-refractivity contribution is 0.0291. The number of nitrogens with one attached hydrogen (secondary N) is 1. The number of carbonyl (C=O) groups excluding carboxylic acids is 1. The summed E-state index contributed by atoms with van der Waals surface area (Å²) >= 11 is 3.38. The van der Waals surface area contributed by atoms with Crippen LogP contribution >= 0.6 is 15.9 Å². The summed E-state index contributed by atoms with van der Waals surface area (Å²) in [7, 11) is 0. The van der Waals surface area contributed by atoms with Crippen LogP contribution < -0.4 is 10.5 Å². The van der Waals surface area contributed by atoms with E-state index in [1.54, 1.807) is 36.4 Å². The highest BCUT2D eigenvalue weighted by Gasteiger charge is 2.17. The molecule has 0 saturated heterocycles. The second-order valence-electron chi connectivity index (χ2n) is 6.08. The normalized spacial score (nSPS) is 11.7. The van der Waals surface area contributed by atoms with Crippen LogP contribution in [0.15, 0.2) is 83.3 Å². The van der Waals surface area contributed by atoms with Crippen LogP contribution in [0.5, 0.6) is 0 Å². The minimum Gasteiger partial charge on any atom is -0.378 e. The Balaban J connectivity index is 1.81. The Labute approximate surface area is 165 Å². The number of nitrogens with zero attached hydrogens (tertiary/aromatic N) is 1. The molecule has 0 aliphatic rings. The van der Waals surface area contributed by atoms with Gasteiger partial charge in [0, 0.05) is 22.1 Å². The molecule has 3 rings (SSSR count). The lowest BCUT2D eigenvalue weighted by atomic mass is 9.97. The van der Waals surface area contributed by atoms with Gasteiger partial charge < -0.3 is 5.32 Å². The molecule has 3 N–H and O–H groups in total. The molecule has 27 heavy (non-hydrogen) atoms. The van der Waals surface area contributed by atoms with E-state index in [2.05, 4.69) is 21.2 Å². The summed E-state index contributed by atoms with van der Waals surface area (Å²) in [6.45, 7) is 0. The third-order valence-corrected chi connectivity index (χ3v) is 4.73. The molecule has 0 aliphatic heterocycles. The molecule has 3 aromatic rings. The molecule has 0 amide bonds. The van der Waals surface area contributed by atoms with E-state index in [4.69, 9.17) is 10.4 Å². The smallest absolute Gasteiger partial charge is 0.165 e. The van der Waals surface area contributed by atoms with Gasteiger partial charge in [-0.25, -0.2) is 0 Å². The number of Topliss-reactive ketones (excluding diaryl/α,β-unsaturated/α-hetero) is 1. The van der Waals surface area contributed by atoms with Crippen LogP contribution in [0.1, 0.15) is 28.4 Å². The van der Waals surface area contributed by atoms with E-state index >= 15 is 0 Å². The second kappa shape index (κ2) is 8.81. The third kappa shape index (κ3) is 5.17. The summed E-state index contributed by atoms with van der Waals surface area (Å²) in [4.78, 5) is 12.7. The van der Waals surface area contributed by atoms with Crippen molar-refractivity contribution >= 4 is 33.1 Å². The van der Waals surface area contributed by atoms with E-state index in [0.717, 1.165) is 15.7 Å². The molecule has 1 unspecified atom stereocenters. The SMILES string of the molecule is O=C(CC(Nc1ccc(N(O)O)cc1)c1ccccc1)c1ccc(Br)cc1. The van der Waals surface area contributed by atoms with Crippen molar-refractivity contribution in [1.82, 2.24) is 0 Å². The fourth-order valence-corrected chi connectivity index (χ4v) is 3.03. The summed E-state index contributed by atoms with van der Waals surface area (Å²) in [5, 5.41) is 21.5. The number of carbonyl (C=O) groups is 1. The van der Waals surface area contributed by atoms with Crippen molar-refractivity contribution in [3.05, 3.63) is 94.5 Å². The highest BCUT2D eigenvalue weighted by Crippen LogP contribution is 2.26. The molecule has 6 heteroatoms. The summed E-state index contributed by atoms with van der Waals surface area (Å²) in [5.74, 6) is 0.0392. The Kier molecular flexibility index (Phi) is 6.24. The Morgan fingerprint density at radius 3 is 2.15 bits per heavy atom. The van der Waals surface area contributed by atoms with Crippen molar-refractivity contribution in [2.45, 2.75) is 12.5 Å². The quantitative estimate of drug-likeness (QED) is 0.345. The minimum absolute atomic E-state index is 0.0392. The average molecular weight is 427 g/mol. The van der Waals surface area contributed by atoms with E-state index in [1.165, 1.54) is 0 Å². The van der Waals surface area contributed by atoms with Crippen LogP contribution in [-0.2, 0) is 0 Å². The molecule has 0 aliphatic carbocycles. The maximum Gasteiger partial charge on any atom is 0.165 e. The van der Waals surface area contributed by atoms with Crippen LogP contribution in [0.3, 0.4) is 0 Å². The third-order valence-electron chi connectivity index (χ3n) is 4.20. The Bertz CT molecular complexity index is 882. The van der Waals surface area contributed by atoms with Crippen LogP contribution in [-0.4, -0.2) is 16.2 Å². The molecule has 138 valence electrons. The first kappa shape index (κ1) is 19.1. The molecule has 0 heterocycles. The molecule has 1 atom stereocenters. The molecule has 0 spiro atoms.